The molecular weight excluding hydrogens is 447 g/mol. The molecule has 2 amide bonds. The Hall–Kier alpha value is -3.51. The van der Waals surface area contributed by atoms with E-state index in [1.165, 1.54) is 37.6 Å². The van der Waals surface area contributed by atoms with Gasteiger partial charge in [0, 0.05) is 18.0 Å². The molecule has 0 saturated carbocycles. The predicted octanol–water partition coefficient (Wildman–Crippen LogP) is 3.30. The molecule has 3 rings (SSSR count). The Bertz CT molecular complexity index is 1230. The summed E-state index contributed by atoms with van der Waals surface area (Å²) in [4.78, 5) is 27.4. The Morgan fingerprint density at radius 1 is 1.10 bits per heavy atom. The van der Waals surface area contributed by atoms with Crippen molar-refractivity contribution >= 4 is 49.7 Å². The molecule has 0 aliphatic heterocycles. The van der Waals surface area contributed by atoms with Crippen LogP contribution in [0.1, 0.15) is 17.4 Å². The lowest BCUT2D eigenvalue weighted by molar-refractivity contribution is -0.114. The van der Waals surface area contributed by atoms with Crippen LogP contribution in [-0.2, 0) is 14.8 Å². The number of thiazole rings is 1. The van der Waals surface area contributed by atoms with Gasteiger partial charge in [-0.05, 0) is 42.5 Å². The van der Waals surface area contributed by atoms with Gasteiger partial charge in [-0.1, -0.05) is 0 Å². The molecule has 0 aliphatic carbocycles. The summed E-state index contributed by atoms with van der Waals surface area (Å²) in [7, 11) is -2.67. The van der Waals surface area contributed by atoms with Crippen LogP contribution in [0.5, 0.6) is 5.75 Å². The van der Waals surface area contributed by atoms with Crippen LogP contribution in [0.4, 0.5) is 20.9 Å². The highest BCUT2D eigenvalue weighted by Gasteiger charge is 2.18. The largest absolute Gasteiger partial charge is 0.495 e. The number of nitrogens with one attached hydrogen (secondary N) is 3. The molecule has 0 spiro atoms. The van der Waals surface area contributed by atoms with E-state index in [1.54, 1.807) is 0 Å². The first-order valence-electron chi connectivity index (χ1n) is 8.69. The Kier molecular flexibility index (Phi) is 6.51. The molecule has 0 saturated heterocycles. The number of sulfonamides is 1. The molecule has 0 aliphatic rings. The zero-order valence-corrected chi connectivity index (χ0v) is 17.9. The highest BCUT2D eigenvalue weighted by Crippen LogP contribution is 2.30. The standard InChI is InChI=1S/C19H17FN4O5S2/c1-11(25)21-19-23-16(10-30-19)18(26)22-13-5-8-17(29-2)15(9-13)24-31(27,28)14-6-3-12(20)4-7-14/h3-10,24H,1-2H3,(H,22,26)(H,21,23,25). The monoisotopic (exact) mass is 464 g/mol. The van der Waals surface area contributed by atoms with Crippen LogP contribution in [0, 0.1) is 5.82 Å². The fourth-order valence-corrected chi connectivity index (χ4v) is 4.26. The second-order valence-corrected chi connectivity index (χ2v) is 8.69. The molecule has 2 aromatic carbocycles. The van der Waals surface area contributed by atoms with Crippen molar-refractivity contribution in [3.8, 4) is 5.75 Å². The fourth-order valence-electron chi connectivity index (χ4n) is 2.46. The Morgan fingerprint density at radius 3 is 2.45 bits per heavy atom. The second-order valence-electron chi connectivity index (χ2n) is 6.15. The maximum Gasteiger partial charge on any atom is 0.275 e. The molecule has 0 atom stereocenters. The van der Waals surface area contributed by atoms with Crippen LogP contribution in [-0.4, -0.2) is 32.3 Å². The highest BCUT2D eigenvalue weighted by atomic mass is 32.2. The number of nitrogens with zero attached hydrogens (tertiary/aromatic N) is 1. The van der Waals surface area contributed by atoms with E-state index in [0.29, 0.717) is 0 Å². The Morgan fingerprint density at radius 2 is 1.81 bits per heavy atom. The lowest BCUT2D eigenvalue weighted by atomic mass is 10.2. The topological polar surface area (TPSA) is 126 Å². The average Bonchev–Trinajstić information content (AvgIpc) is 3.16. The molecule has 162 valence electrons. The maximum atomic E-state index is 13.1. The number of ether oxygens (including phenoxy) is 1. The summed E-state index contributed by atoms with van der Waals surface area (Å²) in [5.74, 6) is -1.21. The third kappa shape index (κ3) is 5.55. The molecule has 1 aromatic heterocycles. The van der Waals surface area contributed by atoms with E-state index in [9.17, 15) is 22.4 Å². The minimum atomic E-state index is -4.03. The van der Waals surface area contributed by atoms with Crippen molar-refractivity contribution in [3.63, 3.8) is 0 Å². The predicted molar refractivity (Wildman–Crippen MR) is 115 cm³/mol. The van der Waals surface area contributed by atoms with E-state index in [-0.39, 0.29) is 38.8 Å². The van der Waals surface area contributed by atoms with E-state index in [1.807, 2.05) is 0 Å². The number of amides is 2. The number of rotatable bonds is 7. The SMILES string of the molecule is COc1ccc(NC(=O)c2csc(NC(C)=O)n2)cc1NS(=O)(=O)c1ccc(F)cc1. The summed E-state index contributed by atoms with van der Waals surface area (Å²) in [5.41, 5.74) is 0.427. The van der Waals surface area contributed by atoms with Gasteiger partial charge in [0.2, 0.25) is 5.91 Å². The smallest absolute Gasteiger partial charge is 0.275 e. The van der Waals surface area contributed by atoms with Gasteiger partial charge in [-0.2, -0.15) is 0 Å². The van der Waals surface area contributed by atoms with Crippen LogP contribution < -0.4 is 20.1 Å². The first kappa shape index (κ1) is 22.2. The summed E-state index contributed by atoms with van der Waals surface area (Å²) in [6, 6.07) is 8.70. The summed E-state index contributed by atoms with van der Waals surface area (Å²) in [6.07, 6.45) is 0. The van der Waals surface area contributed by atoms with E-state index >= 15 is 0 Å². The number of methoxy groups -OCH3 is 1. The van der Waals surface area contributed by atoms with Gasteiger partial charge in [0.15, 0.2) is 5.13 Å². The van der Waals surface area contributed by atoms with Crippen molar-refractivity contribution in [2.45, 2.75) is 11.8 Å². The van der Waals surface area contributed by atoms with Gasteiger partial charge in [-0.25, -0.2) is 17.8 Å². The van der Waals surface area contributed by atoms with Crippen molar-refractivity contribution in [3.05, 3.63) is 59.4 Å². The van der Waals surface area contributed by atoms with Crippen molar-refractivity contribution in [2.24, 2.45) is 0 Å². The summed E-state index contributed by atoms with van der Waals surface area (Å²) in [5, 5.41) is 6.84. The summed E-state index contributed by atoms with van der Waals surface area (Å²) >= 11 is 1.09. The molecule has 0 unspecified atom stereocenters. The van der Waals surface area contributed by atoms with Crippen molar-refractivity contribution in [1.29, 1.82) is 0 Å². The third-order valence-electron chi connectivity index (χ3n) is 3.85. The van der Waals surface area contributed by atoms with Crippen molar-refractivity contribution < 1.29 is 27.1 Å². The molecule has 0 radical (unpaired) electrons. The number of hydrogen-bond donors (Lipinski definition) is 3. The molecule has 12 heteroatoms. The minimum absolute atomic E-state index is 0.0711. The maximum absolute atomic E-state index is 13.1. The van der Waals surface area contributed by atoms with E-state index < -0.39 is 21.7 Å². The first-order valence-corrected chi connectivity index (χ1v) is 11.0. The zero-order chi connectivity index (χ0) is 22.6. The fraction of sp³-hybridized carbons (Fsp3) is 0.105. The van der Waals surface area contributed by atoms with Gasteiger partial charge in [0.25, 0.3) is 15.9 Å². The second kappa shape index (κ2) is 9.10. The lowest BCUT2D eigenvalue weighted by Crippen LogP contribution is -2.15. The van der Waals surface area contributed by atoms with E-state index in [4.69, 9.17) is 4.74 Å². The molecule has 3 N–H and O–H groups in total. The number of carbonyl (C=O) groups is 2. The number of hydrogen-bond acceptors (Lipinski definition) is 7. The average molecular weight is 465 g/mol. The molecule has 0 fully saturated rings. The molecular formula is C19H17FN4O5S2. The van der Waals surface area contributed by atoms with E-state index in [0.717, 1.165) is 35.6 Å². The van der Waals surface area contributed by atoms with Crippen LogP contribution in [0.25, 0.3) is 0 Å². The molecule has 31 heavy (non-hydrogen) atoms. The number of carbonyl (C=O) groups excluding carboxylic acids is 2. The van der Waals surface area contributed by atoms with Gasteiger partial charge in [0.1, 0.15) is 17.3 Å². The number of anilines is 3. The quantitative estimate of drug-likeness (QED) is 0.492. The number of halogens is 1. The van der Waals surface area contributed by atoms with E-state index in [2.05, 4.69) is 20.3 Å². The van der Waals surface area contributed by atoms with Gasteiger partial charge in [-0.3, -0.25) is 14.3 Å². The van der Waals surface area contributed by atoms with Gasteiger partial charge < -0.3 is 15.4 Å². The lowest BCUT2D eigenvalue weighted by Gasteiger charge is -2.14. The van der Waals surface area contributed by atoms with Crippen molar-refractivity contribution in [1.82, 2.24) is 4.98 Å². The van der Waals surface area contributed by atoms with Gasteiger partial charge in [-0.15, -0.1) is 11.3 Å². The molecule has 9 nitrogen and oxygen atoms in total. The van der Waals surface area contributed by atoms with Crippen LogP contribution in [0.2, 0.25) is 0 Å². The van der Waals surface area contributed by atoms with Crippen LogP contribution in [0.3, 0.4) is 0 Å². The third-order valence-corrected chi connectivity index (χ3v) is 5.98. The summed E-state index contributed by atoms with van der Waals surface area (Å²) < 4.78 is 45.9. The van der Waals surface area contributed by atoms with Crippen molar-refractivity contribution in [2.75, 3.05) is 22.5 Å². The first-order chi connectivity index (χ1) is 14.7. The molecule has 0 bridgehead atoms. The Balaban J connectivity index is 1.81. The zero-order valence-electron chi connectivity index (χ0n) is 16.3. The molecule has 1 heterocycles. The summed E-state index contributed by atoms with van der Waals surface area (Å²) in [6.45, 7) is 1.33. The van der Waals surface area contributed by atoms with Gasteiger partial charge >= 0.3 is 0 Å². The number of benzene rings is 2. The minimum Gasteiger partial charge on any atom is -0.495 e. The van der Waals surface area contributed by atoms with Gasteiger partial charge in [0.05, 0.1) is 17.7 Å². The Labute approximate surface area is 181 Å². The number of aromatic nitrogens is 1. The van der Waals surface area contributed by atoms with Crippen LogP contribution >= 0.6 is 11.3 Å². The van der Waals surface area contributed by atoms with Crippen LogP contribution in [0.15, 0.2) is 52.7 Å². The normalized spacial score (nSPS) is 10.9. The highest BCUT2D eigenvalue weighted by molar-refractivity contribution is 7.92. The molecule has 3 aromatic rings.